The Balaban J connectivity index is 1.39. The summed E-state index contributed by atoms with van der Waals surface area (Å²) in [6, 6.07) is 13.3. The zero-order valence-electron chi connectivity index (χ0n) is 20.3. The lowest BCUT2D eigenvalue weighted by Crippen LogP contribution is -2.14. The number of carbonyl (C=O) groups is 1. The molecule has 0 aliphatic rings. The van der Waals surface area contributed by atoms with E-state index in [0.29, 0.717) is 22.8 Å². The molecule has 5 aromatic rings. The van der Waals surface area contributed by atoms with Gasteiger partial charge in [0, 0.05) is 34.6 Å². The molecular weight excluding hydrogens is 493 g/mol. The Bertz CT molecular complexity index is 1670. The van der Waals surface area contributed by atoms with Crippen molar-refractivity contribution in [3.05, 3.63) is 102 Å². The van der Waals surface area contributed by atoms with Crippen LogP contribution in [0.1, 0.15) is 27.0 Å². The normalized spacial score (nSPS) is 11.4. The third-order valence-electron chi connectivity index (χ3n) is 5.98. The van der Waals surface area contributed by atoms with Crippen LogP contribution in [0.25, 0.3) is 22.2 Å². The highest BCUT2D eigenvalue weighted by Gasteiger charge is 2.30. The van der Waals surface area contributed by atoms with Crippen molar-refractivity contribution in [2.75, 3.05) is 10.6 Å². The van der Waals surface area contributed by atoms with E-state index in [4.69, 9.17) is 0 Å². The molecule has 0 aliphatic heterocycles. The van der Waals surface area contributed by atoms with E-state index in [1.54, 1.807) is 36.9 Å². The van der Waals surface area contributed by atoms with Crippen LogP contribution in [-0.4, -0.2) is 25.8 Å². The number of halogens is 3. The number of fused-ring (bicyclic) bond motifs is 1. The molecule has 0 radical (unpaired) electrons. The van der Waals surface area contributed by atoms with Crippen LogP contribution in [0.15, 0.2) is 79.4 Å². The number of aryl methyl sites for hydroxylation is 2. The number of nitrogens with zero attached hydrogens (tertiary/aromatic N) is 4. The van der Waals surface area contributed by atoms with Crippen LogP contribution in [0.4, 0.5) is 30.5 Å². The number of aromatic nitrogens is 4. The second kappa shape index (κ2) is 9.89. The Morgan fingerprint density at radius 3 is 2.53 bits per heavy atom. The summed E-state index contributed by atoms with van der Waals surface area (Å²) in [6.07, 6.45) is 2.21. The first-order chi connectivity index (χ1) is 18.2. The molecule has 0 aliphatic carbocycles. The molecule has 3 aromatic heterocycles. The van der Waals surface area contributed by atoms with Gasteiger partial charge >= 0.3 is 6.18 Å². The van der Waals surface area contributed by atoms with E-state index >= 15 is 0 Å². The van der Waals surface area contributed by atoms with E-state index in [9.17, 15) is 18.0 Å². The topological polar surface area (TPSA) is 92.7 Å². The third kappa shape index (κ3) is 5.29. The zero-order chi connectivity index (χ0) is 26.9. The van der Waals surface area contributed by atoms with Crippen molar-refractivity contribution in [1.29, 1.82) is 0 Å². The van der Waals surface area contributed by atoms with Crippen LogP contribution in [0, 0.1) is 13.8 Å². The van der Waals surface area contributed by atoms with Gasteiger partial charge in [0.25, 0.3) is 5.91 Å². The molecule has 3 heterocycles. The number of pyridine rings is 2. The van der Waals surface area contributed by atoms with Gasteiger partial charge in [-0.25, -0.2) is 9.97 Å². The number of carbonyl (C=O) groups excluding carboxylic acids is 1. The third-order valence-corrected chi connectivity index (χ3v) is 5.98. The predicted octanol–water partition coefficient (Wildman–Crippen LogP) is 6.72. The summed E-state index contributed by atoms with van der Waals surface area (Å²) < 4.78 is 39.1. The minimum absolute atomic E-state index is 0.0891. The highest BCUT2D eigenvalue weighted by Crippen LogP contribution is 2.31. The van der Waals surface area contributed by atoms with Crippen molar-refractivity contribution in [1.82, 2.24) is 19.9 Å². The minimum Gasteiger partial charge on any atom is -0.323 e. The Morgan fingerprint density at radius 2 is 1.74 bits per heavy atom. The first-order valence-corrected chi connectivity index (χ1v) is 11.6. The van der Waals surface area contributed by atoms with E-state index in [1.807, 2.05) is 32.0 Å². The molecule has 2 aromatic carbocycles. The second-order valence-electron chi connectivity index (χ2n) is 8.70. The molecule has 0 atom stereocenters. The molecule has 1 amide bonds. The fourth-order valence-electron chi connectivity index (χ4n) is 3.87. The van der Waals surface area contributed by atoms with Crippen LogP contribution in [-0.2, 0) is 6.18 Å². The Labute approximate surface area is 215 Å². The molecule has 0 saturated carbocycles. The molecule has 0 saturated heterocycles. The molecule has 5 rings (SSSR count). The van der Waals surface area contributed by atoms with Crippen molar-refractivity contribution >= 4 is 34.1 Å². The lowest BCUT2D eigenvalue weighted by Gasteiger charge is -2.12. The quantitative estimate of drug-likeness (QED) is 0.271. The van der Waals surface area contributed by atoms with Gasteiger partial charge in [0.15, 0.2) is 0 Å². The second-order valence-corrected chi connectivity index (χ2v) is 8.70. The van der Waals surface area contributed by atoms with Gasteiger partial charge < -0.3 is 10.6 Å². The molecular formula is C28H21F3N6O. The fraction of sp³-hybridized carbons (Fsp3) is 0.107. The number of amides is 1. The Kier molecular flexibility index (Phi) is 6.46. The Hall–Kier alpha value is -4.86. The number of hydrogen-bond donors (Lipinski definition) is 2. The summed E-state index contributed by atoms with van der Waals surface area (Å²) >= 11 is 0. The number of nitrogens with one attached hydrogen (secondary N) is 2. The lowest BCUT2D eigenvalue weighted by molar-refractivity contribution is -0.137. The zero-order valence-corrected chi connectivity index (χ0v) is 20.3. The predicted molar refractivity (Wildman–Crippen MR) is 139 cm³/mol. The van der Waals surface area contributed by atoms with Gasteiger partial charge in [0.1, 0.15) is 0 Å². The van der Waals surface area contributed by atoms with E-state index in [0.717, 1.165) is 39.9 Å². The average molecular weight is 515 g/mol. The fourth-order valence-corrected chi connectivity index (χ4v) is 3.87. The summed E-state index contributed by atoms with van der Waals surface area (Å²) in [4.78, 5) is 30.3. The first-order valence-electron chi connectivity index (χ1n) is 11.6. The number of hydrogen-bond acceptors (Lipinski definition) is 6. The van der Waals surface area contributed by atoms with Crippen LogP contribution in [0.5, 0.6) is 0 Å². The van der Waals surface area contributed by atoms with Crippen LogP contribution >= 0.6 is 0 Å². The molecule has 190 valence electrons. The van der Waals surface area contributed by atoms with E-state index in [-0.39, 0.29) is 5.56 Å². The van der Waals surface area contributed by atoms with E-state index in [1.165, 1.54) is 12.1 Å². The molecule has 0 bridgehead atoms. The van der Waals surface area contributed by atoms with E-state index < -0.39 is 17.6 Å². The largest absolute Gasteiger partial charge is 0.416 e. The van der Waals surface area contributed by atoms with Gasteiger partial charge in [-0.15, -0.1) is 0 Å². The maximum absolute atomic E-state index is 13.0. The van der Waals surface area contributed by atoms with Crippen molar-refractivity contribution in [2.24, 2.45) is 0 Å². The van der Waals surface area contributed by atoms with Gasteiger partial charge in [-0.05, 0) is 67.4 Å². The molecule has 0 fully saturated rings. The summed E-state index contributed by atoms with van der Waals surface area (Å²) in [6.45, 7) is 3.86. The summed E-state index contributed by atoms with van der Waals surface area (Å²) in [7, 11) is 0. The van der Waals surface area contributed by atoms with Crippen molar-refractivity contribution in [2.45, 2.75) is 20.0 Å². The van der Waals surface area contributed by atoms with Crippen LogP contribution in [0.3, 0.4) is 0 Å². The highest BCUT2D eigenvalue weighted by atomic mass is 19.4. The summed E-state index contributed by atoms with van der Waals surface area (Å²) in [5.41, 5.74) is 4.19. The van der Waals surface area contributed by atoms with Gasteiger partial charge in [0.05, 0.1) is 34.9 Å². The SMILES string of the molecule is Cc1ccncc1Nc1ncc2cc(-c3cc(NC(=O)c4cccc(C(F)(F)F)c4)ccc3C)ncc2n1. The first kappa shape index (κ1) is 24.8. The molecule has 7 nitrogen and oxygen atoms in total. The monoisotopic (exact) mass is 514 g/mol. The lowest BCUT2D eigenvalue weighted by atomic mass is 10.0. The minimum atomic E-state index is -4.53. The molecule has 0 spiro atoms. The van der Waals surface area contributed by atoms with Gasteiger partial charge in [-0.2, -0.15) is 13.2 Å². The maximum Gasteiger partial charge on any atom is 0.416 e. The maximum atomic E-state index is 13.0. The summed E-state index contributed by atoms with van der Waals surface area (Å²) in [5.74, 6) is -0.228. The van der Waals surface area contributed by atoms with Crippen LogP contribution in [0.2, 0.25) is 0 Å². The smallest absolute Gasteiger partial charge is 0.323 e. The van der Waals surface area contributed by atoms with Crippen molar-refractivity contribution in [3.8, 4) is 11.3 Å². The summed E-state index contributed by atoms with van der Waals surface area (Å²) in [5, 5.41) is 6.59. The van der Waals surface area contributed by atoms with Crippen molar-refractivity contribution < 1.29 is 18.0 Å². The van der Waals surface area contributed by atoms with Gasteiger partial charge in [0.2, 0.25) is 5.95 Å². The standard InChI is InChI=1S/C28H21F3N6O/c1-16-6-7-21(35-26(38)18-4-3-5-20(10-18)28(29,30)31)12-22(16)23-11-19-13-34-27(37-25(19)15-33-23)36-24-14-32-9-8-17(24)2/h3-15H,1-2H3,(H,35,38)(H,34,36,37). The van der Waals surface area contributed by atoms with Crippen LogP contribution < -0.4 is 10.6 Å². The Morgan fingerprint density at radius 1 is 0.895 bits per heavy atom. The number of alkyl halides is 3. The molecule has 0 unspecified atom stereocenters. The van der Waals surface area contributed by atoms with E-state index in [2.05, 4.69) is 30.6 Å². The highest BCUT2D eigenvalue weighted by molar-refractivity contribution is 6.04. The number of rotatable bonds is 5. The molecule has 2 N–H and O–H groups in total. The van der Waals surface area contributed by atoms with Gasteiger partial charge in [-0.3, -0.25) is 14.8 Å². The van der Waals surface area contributed by atoms with Crippen molar-refractivity contribution in [3.63, 3.8) is 0 Å². The molecule has 38 heavy (non-hydrogen) atoms. The number of benzene rings is 2. The number of anilines is 3. The van der Waals surface area contributed by atoms with Gasteiger partial charge in [-0.1, -0.05) is 12.1 Å². The molecule has 10 heteroatoms. The average Bonchev–Trinajstić information content (AvgIpc) is 2.90.